The van der Waals surface area contributed by atoms with Gasteiger partial charge in [0.15, 0.2) is 0 Å². The van der Waals surface area contributed by atoms with E-state index in [1.54, 1.807) is 21.1 Å². The molecular weight excluding hydrogens is 506 g/mol. The molecule has 40 heavy (non-hydrogen) atoms. The van der Waals surface area contributed by atoms with Gasteiger partial charge in [0, 0.05) is 6.04 Å². The van der Waals surface area contributed by atoms with Crippen molar-refractivity contribution in [2.45, 2.75) is 51.5 Å². The molecule has 4 rings (SSSR count). The van der Waals surface area contributed by atoms with Crippen LogP contribution in [0.5, 0.6) is 11.5 Å². The first kappa shape index (κ1) is 28.7. The van der Waals surface area contributed by atoms with Crippen molar-refractivity contribution >= 4 is 12.1 Å². The molecule has 0 spiro atoms. The number of carbonyl (C=O) groups excluding carboxylic acids is 2. The molecule has 0 aromatic heterocycles. The average molecular weight is 544 g/mol. The van der Waals surface area contributed by atoms with Crippen molar-refractivity contribution in [1.29, 1.82) is 0 Å². The van der Waals surface area contributed by atoms with Crippen LogP contribution in [-0.4, -0.2) is 49.4 Å². The van der Waals surface area contributed by atoms with Crippen molar-refractivity contribution in [1.82, 2.24) is 4.90 Å². The minimum atomic E-state index is -0.795. The first-order chi connectivity index (χ1) is 19.3. The number of β-lactam (4-membered cyclic amide) rings is 1. The molecule has 1 aliphatic rings. The number of hydrogen-bond donors (Lipinski definition) is 0. The topological polar surface area (TPSA) is 74.3 Å². The minimum absolute atomic E-state index is 0.0663. The van der Waals surface area contributed by atoms with E-state index in [4.69, 9.17) is 18.9 Å². The van der Waals surface area contributed by atoms with E-state index in [2.05, 4.69) is 6.58 Å². The number of amides is 1. The Morgan fingerprint density at radius 3 is 1.85 bits per heavy atom. The molecule has 1 saturated heterocycles. The van der Waals surface area contributed by atoms with Crippen molar-refractivity contribution in [3.8, 4) is 11.5 Å². The zero-order chi connectivity index (χ0) is 28.6. The molecule has 0 saturated carbocycles. The van der Waals surface area contributed by atoms with Crippen LogP contribution in [0.1, 0.15) is 30.5 Å². The summed E-state index contributed by atoms with van der Waals surface area (Å²) in [5.41, 5.74) is 3.87. The molecule has 3 aromatic rings. The summed E-state index contributed by atoms with van der Waals surface area (Å²) in [5.74, 6) is 0.959. The molecule has 3 atom stereocenters. The Labute approximate surface area is 236 Å². The molecule has 3 aromatic carbocycles. The number of ether oxygens (including phenoxy) is 4. The average Bonchev–Trinajstić information content (AvgIpc) is 2.96. The van der Waals surface area contributed by atoms with E-state index in [-0.39, 0.29) is 24.6 Å². The Balaban J connectivity index is 1.50. The lowest BCUT2D eigenvalue weighted by molar-refractivity contribution is -0.166. The molecule has 0 radical (unpaired) electrons. The molecule has 0 bridgehead atoms. The molecule has 210 valence electrons. The summed E-state index contributed by atoms with van der Waals surface area (Å²) in [7, 11) is 3.27. The minimum Gasteiger partial charge on any atom is -0.497 e. The van der Waals surface area contributed by atoms with E-state index < -0.39 is 18.2 Å². The summed E-state index contributed by atoms with van der Waals surface area (Å²) in [5, 5.41) is 0. The first-order valence-corrected chi connectivity index (χ1v) is 13.4. The third-order valence-electron chi connectivity index (χ3n) is 7.33. The zero-order valence-electron chi connectivity index (χ0n) is 23.5. The van der Waals surface area contributed by atoms with Gasteiger partial charge in [-0.1, -0.05) is 66.7 Å². The second-order valence-electron chi connectivity index (χ2n) is 10.2. The van der Waals surface area contributed by atoms with E-state index in [0.29, 0.717) is 12.8 Å². The van der Waals surface area contributed by atoms with E-state index in [9.17, 15) is 9.59 Å². The normalized spacial score (nSPS) is 17.1. The van der Waals surface area contributed by atoms with Crippen LogP contribution < -0.4 is 9.47 Å². The van der Waals surface area contributed by atoms with Crippen molar-refractivity contribution in [2.75, 3.05) is 14.2 Å². The van der Waals surface area contributed by atoms with Gasteiger partial charge < -0.3 is 23.8 Å². The lowest BCUT2D eigenvalue weighted by atomic mass is 9.77. The number of methoxy groups -OCH3 is 2. The van der Waals surface area contributed by atoms with Crippen molar-refractivity contribution < 1.29 is 28.5 Å². The van der Waals surface area contributed by atoms with Gasteiger partial charge in [0.2, 0.25) is 5.91 Å². The van der Waals surface area contributed by atoms with Gasteiger partial charge in [-0.3, -0.25) is 4.79 Å². The Morgan fingerprint density at radius 1 is 0.850 bits per heavy atom. The van der Waals surface area contributed by atoms with Gasteiger partial charge in [0.25, 0.3) is 0 Å². The fourth-order valence-corrected chi connectivity index (χ4v) is 5.26. The lowest BCUT2D eigenvalue weighted by Gasteiger charge is -2.53. The van der Waals surface area contributed by atoms with Crippen molar-refractivity contribution in [2.24, 2.45) is 5.92 Å². The summed E-state index contributed by atoms with van der Waals surface area (Å²) < 4.78 is 21.5. The Hall–Kier alpha value is -4.26. The van der Waals surface area contributed by atoms with Crippen LogP contribution in [0.25, 0.3) is 0 Å². The predicted molar refractivity (Wildman–Crippen MR) is 153 cm³/mol. The van der Waals surface area contributed by atoms with Crippen LogP contribution in [0.15, 0.2) is 91.0 Å². The summed E-state index contributed by atoms with van der Waals surface area (Å²) >= 11 is 0. The first-order valence-electron chi connectivity index (χ1n) is 13.4. The number of carbonyl (C=O) groups is 2. The van der Waals surface area contributed by atoms with Gasteiger partial charge in [0.1, 0.15) is 24.2 Å². The van der Waals surface area contributed by atoms with Gasteiger partial charge in [-0.15, -0.1) is 0 Å². The van der Waals surface area contributed by atoms with Crippen molar-refractivity contribution in [3.63, 3.8) is 0 Å². The molecule has 1 aliphatic heterocycles. The second kappa shape index (κ2) is 13.2. The lowest BCUT2D eigenvalue weighted by Crippen LogP contribution is -2.68. The van der Waals surface area contributed by atoms with Crippen LogP contribution in [-0.2, 0) is 33.7 Å². The maximum atomic E-state index is 13.7. The highest BCUT2D eigenvalue weighted by atomic mass is 16.7. The smallest absolute Gasteiger partial charge is 0.497 e. The van der Waals surface area contributed by atoms with E-state index in [1.807, 2.05) is 90.7 Å². The molecule has 1 heterocycles. The second-order valence-corrected chi connectivity index (χ2v) is 10.2. The van der Waals surface area contributed by atoms with E-state index >= 15 is 0 Å². The molecule has 0 aliphatic carbocycles. The summed E-state index contributed by atoms with van der Waals surface area (Å²) in [6.07, 6.45) is -0.174. The van der Waals surface area contributed by atoms with Gasteiger partial charge in [-0.25, -0.2) is 4.79 Å². The summed E-state index contributed by atoms with van der Waals surface area (Å²) in [6.45, 7) is 7.95. The number of nitrogens with zero attached hydrogens (tertiary/aromatic N) is 1. The molecule has 1 fully saturated rings. The maximum absolute atomic E-state index is 13.7. The van der Waals surface area contributed by atoms with Gasteiger partial charge in [-0.05, 0) is 67.6 Å². The predicted octanol–water partition coefficient (Wildman–Crippen LogP) is 6.00. The molecule has 0 unspecified atom stereocenters. The molecule has 7 nitrogen and oxygen atoms in total. The monoisotopic (exact) mass is 543 g/mol. The van der Waals surface area contributed by atoms with Crippen molar-refractivity contribution in [3.05, 3.63) is 108 Å². The summed E-state index contributed by atoms with van der Waals surface area (Å²) in [6, 6.07) is 24.8. The van der Waals surface area contributed by atoms with E-state index in [1.165, 1.54) is 0 Å². The molecule has 7 heteroatoms. The zero-order valence-corrected chi connectivity index (χ0v) is 23.5. The number of benzene rings is 3. The largest absolute Gasteiger partial charge is 0.508 e. The van der Waals surface area contributed by atoms with Gasteiger partial charge >= 0.3 is 6.16 Å². The van der Waals surface area contributed by atoms with Gasteiger partial charge in [-0.2, -0.15) is 0 Å². The fourth-order valence-electron chi connectivity index (χ4n) is 5.26. The summed E-state index contributed by atoms with van der Waals surface area (Å²) in [4.78, 5) is 28.1. The van der Waals surface area contributed by atoms with Gasteiger partial charge in [0.05, 0.1) is 26.2 Å². The molecule has 0 N–H and O–H groups in total. The third kappa shape index (κ3) is 6.84. The third-order valence-corrected chi connectivity index (χ3v) is 7.33. The SMILES string of the molecule is C=C(C)[C@@H]1[C@@H]([C@@H](C)OC(=O)OCc2ccccc2)C(=O)N1C(Cc1ccc(OC)cc1)Cc1ccc(OC)cc1. The standard InChI is InChI=1S/C33H37NO6/c1-22(2)31-30(23(3)40-33(36)39-21-26-9-7-6-8-10-26)32(35)34(31)27(19-24-11-15-28(37-4)16-12-24)20-25-13-17-29(38-5)18-14-25/h6-18,23,27,30-31H,1,19-21H2,2-5H3/t23-,30-,31-/m1/s1. The van der Waals surface area contributed by atoms with Crippen LogP contribution >= 0.6 is 0 Å². The van der Waals surface area contributed by atoms with Crippen LogP contribution in [0.3, 0.4) is 0 Å². The highest BCUT2D eigenvalue weighted by Crippen LogP contribution is 2.38. The van der Waals surface area contributed by atoms with E-state index in [0.717, 1.165) is 33.8 Å². The highest BCUT2D eigenvalue weighted by molar-refractivity contribution is 5.88. The molecule has 1 amide bonds. The Morgan fingerprint density at radius 2 is 1.38 bits per heavy atom. The molecular formula is C33H37NO6. The Kier molecular flexibility index (Phi) is 9.48. The van der Waals surface area contributed by atoms with Crippen LogP contribution in [0, 0.1) is 5.92 Å². The highest BCUT2D eigenvalue weighted by Gasteiger charge is 2.53. The number of hydrogen-bond acceptors (Lipinski definition) is 6. The quantitative estimate of drug-likeness (QED) is 0.158. The fraction of sp³-hybridized carbons (Fsp3) is 0.333. The Bertz CT molecular complexity index is 1240. The number of likely N-dealkylation sites (tertiary alicyclic amines) is 1. The maximum Gasteiger partial charge on any atom is 0.508 e. The van der Waals surface area contributed by atoms with Crippen LogP contribution in [0.4, 0.5) is 4.79 Å². The number of rotatable bonds is 12. The van der Waals surface area contributed by atoms with Crippen LogP contribution in [0.2, 0.25) is 0 Å².